The highest BCUT2D eigenvalue weighted by Crippen LogP contribution is 2.35. The summed E-state index contributed by atoms with van der Waals surface area (Å²) in [6.45, 7) is 3.35. The molecule has 3 heterocycles. The summed E-state index contributed by atoms with van der Waals surface area (Å²) in [5, 5.41) is 18.2. The fourth-order valence-corrected chi connectivity index (χ4v) is 4.52. The molecule has 102 valence electrons. The summed E-state index contributed by atoms with van der Waals surface area (Å²) < 4.78 is 2.01. The van der Waals surface area contributed by atoms with Gasteiger partial charge in [0.2, 0.25) is 4.96 Å². The number of hydrogen-bond acceptors (Lipinski definition) is 5. The Morgan fingerprint density at radius 3 is 2.79 bits per heavy atom. The van der Waals surface area contributed by atoms with E-state index in [2.05, 4.69) is 22.4 Å². The van der Waals surface area contributed by atoms with Gasteiger partial charge in [-0.05, 0) is 32.7 Å². The van der Waals surface area contributed by atoms with E-state index >= 15 is 0 Å². The second kappa shape index (κ2) is 4.52. The minimum atomic E-state index is 0.527. The maximum atomic E-state index is 4.82. The van der Waals surface area contributed by atoms with Gasteiger partial charge in [0.05, 0.1) is 0 Å². The molecule has 2 fully saturated rings. The van der Waals surface area contributed by atoms with Crippen molar-refractivity contribution in [1.82, 2.24) is 25.1 Å². The maximum absolute atomic E-state index is 4.82. The average Bonchev–Trinajstić information content (AvgIpc) is 3.10. The van der Waals surface area contributed by atoms with E-state index < -0.39 is 0 Å². The van der Waals surface area contributed by atoms with Crippen molar-refractivity contribution >= 4 is 16.3 Å². The number of nitrogens with one attached hydrogen (secondary N) is 1. The third-order valence-corrected chi connectivity index (χ3v) is 5.62. The molecule has 1 aliphatic heterocycles. The predicted octanol–water partition coefficient (Wildman–Crippen LogP) is 2.31. The first kappa shape index (κ1) is 11.8. The zero-order valence-electron chi connectivity index (χ0n) is 11.2. The number of rotatable bonds is 2. The van der Waals surface area contributed by atoms with Crippen molar-refractivity contribution in [3.05, 3.63) is 10.8 Å². The minimum Gasteiger partial charge on any atom is -0.314 e. The van der Waals surface area contributed by atoms with Crippen LogP contribution in [0.15, 0.2) is 0 Å². The van der Waals surface area contributed by atoms with Gasteiger partial charge < -0.3 is 5.32 Å². The van der Waals surface area contributed by atoms with Crippen LogP contribution in [0, 0.1) is 0 Å². The Hall–Kier alpha value is -1.01. The van der Waals surface area contributed by atoms with Crippen molar-refractivity contribution in [3.63, 3.8) is 0 Å². The Morgan fingerprint density at radius 1 is 1.21 bits per heavy atom. The summed E-state index contributed by atoms with van der Waals surface area (Å²) in [5.41, 5.74) is 0. The first-order valence-electron chi connectivity index (χ1n) is 7.28. The summed E-state index contributed by atoms with van der Waals surface area (Å²) in [7, 11) is 0. The van der Waals surface area contributed by atoms with Gasteiger partial charge in [0, 0.05) is 17.9 Å². The molecule has 0 radical (unpaired) electrons. The van der Waals surface area contributed by atoms with Gasteiger partial charge in [0.15, 0.2) is 5.82 Å². The second-order valence-electron chi connectivity index (χ2n) is 5.81. The Labute approximate surface area is 116 Å². The van der Waals surface area contributed by atoms with Gasteiger partial charge in [0.25, 0.3) is 0 Å². The lowest BCUT2D eigenvalue weighted by molar-refractivity contribution is 0.577. The normalized spacial score (nSPS) is 28.7. The van der Waals surface area contributed by atoms with Crippen LogP contribution in [-0.4, -0.2) is 32.4 Å². The second-order valence-corrected chi connectivity index (χ2v) is 6.80. The molecule has 2 unspecified atom stereocenters. The lowest BCUT2D eigenvalue weighted by Gasteiger charge is -2.10. The van der Waals surface area contributed by atoms with Crippen LogP contribution < -0.4 is 5.32 Å². The minimum absolute atomic E-state index is 0.527. The highest BCUT2D eigenvalue weighted by molar-refractivity contribution is 7.16. The van der Waals surface area contributed by atoms with E-state index in [9.17, 15) is 0 Å². The topological polar surface area (TPSA) is 55.1 Å². The Kier molecular flexibility index (Phi) is 2.81. The zero-order chi connectivity index (χ0) is 12.8. The van der Waals surface area contributed by atoms with Gasteiger partial charge in [-0.3, -0.25) is 0 Å². The molecular weight excluding hydrogens is 258 g/mol. The molecule has 1 N–H and O–H groups in total. The first-order chi connectivity index (χ1) is 9.33. The smallest absolute Gasteiger partial charge is 0.234 e. The lowest BCUT2D eigenvalue weighted by atomic mass is 10.0. The summed E-state index contributed by atoms with van der Waals surface area (Å²) in [5.74, 6) is 2.21. The van der Waals surface area contributed by atoms with E-state index in [1.165, 1.54) is 37.1 Å². The molecule has 2 aromatic heterocycles. The van der Waals surface area contributed by atoms with Crippen molar-refractivity contribution in [1.29, 1.82) is 0 Å². The van der Waals surface area contributed by atoms with Crippen molar-refractivity contribution < 1.29 is 0 Å². The Balaban J connectivity index is 1.71. The van der Waals surface area contributed by atoms with Gasteiger partial charge >= 0.3 is 0 Å². The van der Waals surface area contributed by atoms with Gasteiger partial charge in [-0.25, -0.2) is 0 Å². The van der Waals surface area contributed by atoms with Crippen molar-refractivity contribution in [2.75, 3.05) is 6.54 Å². The van der Waals surface area contributed by atoms with Crippen molar-refractivity contribution in [2.24, 2.45) is 0 Å². The van der Waals surface area contributed by atoms with Crippen LogP contribution in [-0.2, 0) is 0 Å². The van der Waals surface area contributed by atoms with Gasteiger partial charge in [-0.15, -0.1) is 10.2 Å². The highest BCUT2D eigenvalue weighted by atomic mass is 32.1. The Bertz CT molecular complexity index is 583. The zero-order valence-corrected chi connectivity index (χ0v) is 12.0. The van der Waals surface area contributed by atoms with Gasteiger partial charge in [-0.2, -0.15) is 9.61 Å². The van der Waals surface area contributed by atoms with E-state index in [0.717, 1.165) is 17.3 Å². The van der Waals surface area contributed by atoms with Gasteiger partial charge in [0.1, 0.15) is 5.01 Å². The first-order valence-corrected chi connectivity index (χ1v) is 8.10. The number of aromatic nitrogens is 4. The molecule has 0 bridgehead atoms. The monoisotopic (exact) mass is 277 g/mol. The molecule has 6 heteroatoms. The van der Waals surface area contributed by atoms with Crippen LogP contribution in [0.25, 0.3) is 4.96 Å². The van der Waals surface area contributed by atoms with Crippen LogP contribution in [0.5, 0.6) is 0 Å². The van der Waals surface area contributed by atoms with E-state index in [0.29, 0.717) is 17.9 Å². The molecule has 4 rings (SSSR count). The molecule has 1 saturated carbocycles. The van der Waals surface area contributed by atoms with Crippen LogP contribution in [0.1, 0.15) is 61.7 Å². The third-order valence-electron chi connectivity index (χ3n) is 4.59. The van der Waals surface area contributed by atoms with E-state index in [-0.39, 0.29) is 0 Å². The fraction of sp³-hybridized carbons (Fsp3) is 0.769. The van der Waals surface area contributed by atoms with Crippen molar-refractivity contribution in [2.45, 2.75) is 56.9 Å². The van der Waals surface area contributed by atoms with E-state index in [4.69, 9.17) is 5.10 Å². The molecule has 1 aliphatic carbocycles. The maximum Gasteiger partial charge on any atom is 0.234 e. The molecule has 19 heavy (non-hydrogen) atoms. The molecule has 2 aromatic rings. The Morgan fingerprint density at radius 2 is 2.05 bits per heavy atom. The molecule has 2 atom stereocenters. The number of fused-ring (bicyclic) bond motifs is 1. The number of nitrogens with zero attached hydrogens (tertiary/aromatic N) is 4. The largest absolute Gasteiger partial charge is 0.314 e. The average molecular weight is 277 g/mol. The predicted molar refractivity (Wildman–Crippen MR) is 74.7 cm³/mol. The lowest BCUT2D eigenvalue weighted by Crippen LogP contribution is -2.21. The molecule has 2 aliphatic rings. The van der Waals surface area contributed by atoms with Crippen molar-refractivity contribution in [3.8, 4) is 0 Å². The van der Waals surface area contributed by atoms with Gasteiger partial charge in [-0.1, -0.05) is 24.2 Å². The van der Waals surface area contributed by atoms with Crippen LogP contribution in [0.4, 0.5) is 0 Å². The van der Waals surface area contributed by atoms with Crippen LogP contribution in [0.2, 0.25) is 0 Å². The summed E-state index contributed by atoms with van der Waals surface area (Å²) in [4.78, 5) is 0.969. The molecule has 5 nitrogen and oxygen atoms in total. The van der Waals surface area contributed by atoms with E-state index in [1.807, 2.05) is 4.52 Å². The van der Waals surface area contributed by atoms with E-state index in [1.54, 1.807) is 11.3 Å². The molecule has 0 amide bonds. The molecular formula is C13H19N5S. The molecule has 0 spiro atoms. The highest BCUT2D eigenvalue weighted by Gasteiger charge is 2.30. The van der Waals surface area contributed by atoms with Crippen LogP contribution in [0.3, 0.4) is 0 Å². The van der Waals surface area contributed by atoms with Crippen LogP contribution >= 0.6 is 11.3 Å². The third kappa shape index (κ3) is 1.89. The summed E-state index contributed by atoms with van der Waals surface area (Å²) in [6, 6.07) is 0.527. The number of hydrogen-bond donors (Lipinski definition) is 1. The fourth-order valence-electron chi connectivity index (χ4n) is 3.43. The molecule has 0 aromatic carbocycles. The molecule has 1 saturated heterocycles. The SMILES string of the molecule is CC1NCCC1c1nn2c(C3CCCC3)nnc2s1. The standard InChI is InChI=1S/C13H19N5S/c1-8-10(6-7-14-8)12-17-18-11(9-4-2-3-5-9)15-16-13(18)19-12/h8-10,14H,2-7H2,1H3. The summed E-state index contributed by atoms with van der Waals surface area (Å²) in [6.07, 6.45) is 6.31. The quantitative estimate of drug-likeness (QED) is 0.915. The summed E-state index contributed by atoms with van der Waals surface area (Å²) >= 11 is 1.72.